The van der Waals surface area contributed by atoms with E-state index in [1.807, 2.05) is 30.3 Å². The third kappa shape index (κ3) is 2.27. The topological polar surface area (TPSA) is 41.1 Å². The molecule has 0 saturated carbocycles. The minimum Gasteiger partial charge on any atom is -0.325 e. The monoisotopic (exact) mass is 208 g/mol. The molecule has 1 unspecified atom stereocenters. The van der Waals surface area contributed by atoms with Gasteiger partial charge in [-0.2, -0.15) is 0 Å². The summed E-state index contributed by atoms with van der Waals surface area (Å²) in [6.45, 7) is 0. The number of hydrogen-bond acceptors (Lipinski definition) is 3. The number of carbonyl (C=O) groups excluding carboxylic acids is 1. The van der Waals surface area contributed by atoms with Crippen molar-refractivity contribution in [1.82, 2.24) is 5.32 Å². The lowest BCUT2D eigenvalue weighted by atomic mass is 10.3. The highest BCUT2D eigenvalue weighted by atomic mass is 32.2. The van der Waals surface area contributed by atoms with Crippen LogP contribution in [0.25, 0.3) is 0 Å². The van der Waals surface area contributed by atoms with E-state index in [9.17, 15) is 4.79 Å². The average Bonchev–Trinajstić information content (AvgIpc) is 2.72. The zero-order chi connectivity index (χ0) is 9.80. The first-order valence-corrected chi connectivity index (χ1v) is 5.69. The van der Waals surface area contributed by atoms with Gasteiger partial charge in [-0.1, -0.05) is 18.2 Å². The van der Waals surface area contributed by atoms with Gasteiger partial charge in [-0.15, -0.1) is 11.8 Å². The van der Waals surface area contributed by atoms with E-state index in [4.69, 9.17) is 0 Å². The van der Waals surface area contributed by atoms with Crippen LogP contribution in [-0.2, 0) is 4.79 Å². The molecule has 1 fully saturated rings. The van der Waals surface area contributed by atoms with Gasteiger partial charge < -0.3 is 5.32 Å². The van der Waals surface area contributed by atoms with E-state index < -0.39 is 0 Å². The highest BCUT2D eigenvalue weighted by molar-refractivity contribution is 7.99. The van der Waals surface area contributed by atoms with Gasteiger partial charge in [-0.25, -0.2) is 0 Å². The predicted octanol–water partition coefficient (Wildman–Crippen LogP) is 1.29. The fourth-order valence-corrected chi connectivity index (χ4v) is 2.26. The molecule has 14 heavy (non-hydrogen) atoms. The molecule has 74 valence electrons. The van der Waals surface area contributed by atoms with Crippen LogP contribution in [0.5, 0.6) is 0 Å². The van der Waals surface area contributed by atoms with Gasteiger partial charge in [0.2, 0.25) is 5.91 Å². The Bertz CT molecular complexity index is 309. The number of hydrogen-bond donors (Lipinski definition) is 2. The minimum atomic E-state index is -0.0415. The quantitative estimate of drug-likeness (QED) is 0.769. The Morgan fingerprint density at radius 2 is 2.21 bits per heavy atom. The summed E-state index contributed by atoms with van der Waals surface area (Å²) in [6, 6.07) is 9.48. The van der Waals surface area contributed by atoms with Crippen LogP contribution >= 0.6 is 11.8 Å². The Hall–Kier alpha value is -1.00. The van der Waals surface area contributed by atoms with Crippen molar-refractivity contribution in [1.29, 1.82) is 0 Å². The van der Waals surface area contributed by atoms with Crippen molar-refractivity contribution >= 4 is 23.4 Å². The maximum Gasteiger partial charge on any atom is 0.242 e. The molecule has 1 aliphatic heterocycles. The maximum atomic E-state index is 11.6. The van der Waals surface area contributed by atoms with Crippen LogP contribution in [0, 0.1) is 0 Å². The lowest BCUT2D eigenvalue weighted by Crippen LogP contribution is -2.37. The van der Waals surface area contributed by atoms with Gasteiger partial charge in [0.25, 0.3) is 0 Å². The predicted molar refractivity (Wildman–Crippen MR) is 59.3 cm³/mol. The smallest absolute Gasteiger partial charge is 0.242 e. The number of para-hydroxylation sites is 1. The van der Waals surface area contributed by atoms with Gasteiger partial charge in [0.05, 0.1) is 6.04 Å². The Labute approximate surface area is 87.3 Å². The van der Waals surface area contributed by atoms with E-state index in [0.717, 1.165) is 17.3 Å². The minimum absolute atomic E-state index is 0.0415. The van der Waals surface area contributed by atoms with Crippen LogP contribution in [-0.4, -0.2) is 23.6 Å². The molecule has 1 amide bonds. The molecule has 1 aromatic rings. The average molecular weight is 208 g/mol. The van der Waals surface area contributed by atoms with E-state index in [2.05, 4.69) is 10.6 Å². The molecule has 0 aromatic heterocycles. The van der Waals surface area contributed by atoms with Crippen molar-refractivity contribution in [2.45, 2.75) is 6.04 Å². The highest BCUT2D eigenvalue weighted by Gasteiger charge is 2.22. The standard InChI is InChI=1S/C10H12N2OS/c13-10(9-6-14-7-11-9)12-8-4-2-1-3-5-8/h1-5,9,11H,6-7H2,(H,12,13). The molecule has 0 bridgehead atoms. The Morgan fingerprint density at radius 1 is 1.43 bits per heavy atom. The Morgan fingerprint density at radius 3 is 2.86 bits per heavy atom. The lowest BCUT2D eigenvalue weighted by molar-refractivity contribution is -0.117. The van der Waals surface area contributed by atoms with Crippen LogP contribution in [0.15, 0.2) is 30.3 Å². The molecular formula is C10H12N2OS. The van der Waals surface area contributed by atoms with Crippen molar-refractivity contribution in [2.75, 3.05) is 16.9 Å². The van der Waals surface area contributed by atoms with Gasteiger partial charge in [-0.3, -0.25) is 10.1 Å². The van der Waals surface area contributed by atoms with Crippen LogP contribution < -0.4 is 10.6 Å². The molecular weight excluding hydrogens is 196 g/mol. The largest absolute Gasteiger partial charge is 0.325 e. The van der Waals surface area contributed by atoms with E-state index in [-0.39, 0.29) is 11.9 Å². The van der Waals surface area contributed by atoms with Crippen LogP contribution in [0.2, 0.25) is 0 Å². The Kier molecular flexibility index (Phi) is 3.06. The van der Waals surface area contributed by atoms with E-state index in [1.54, 1.807) is 11.8 Å². The number of rotatable bonds is 2. The number of amides is 1. The van der Waals surface area contributed by atoms with Gasteiger partial charge >= 0.3 is 0 Å². The first kappa shape index (κ1) is 9.55. The molecule has 1 heterocycles. The summed E-state index contributed by atoms with van der Waals surface area (Å²) in [6.07, 6.45) is 0. The Balaban J connectivity index is 1.94. The molecule has 3 nitrogen and oxygen atoms in total. The second-order valence-electron chi connectivity index (χ2n) is 3.13. The summed E-state index contributed by atoms with van der Waals surface area (Å²) in [4.78, 5) is 11.6. The summed E-state index contributed by atoms with van der Waals surface area (Å²) in [5, 5.41) is 6.00. The summed E-state index contributed by atoms with van der Waals surface area (Å²) >= 11 is 1.75. The first-order chi connectivity index (χ1) is 6.86. The van der Waals surface area contributed by atoms with Crippen LogP contribution in [0.3, 0.4) is 0 Å². The molecule has 2 N–H and O–H groups in total. The normalized spacial score (nSPS) is 20.7. The molecule has 0 aliphatic carbocycles. The maximum absolute atomic E-state index is 11.6. The number of benzene rings is 1. The van der Waals surface area contributed by atoms with Crippen molar-refractivity contribution in [3.05, 3.63) is 30.3 Å². The molecule has 0 spiro atoms. The fraction of sp³-hybridized carbons (Fsp3) is 0.300. The SMILES string of the molecule is O=C(Nc1ccccc1)C1CSCN1. The second kappa shape index (κ2) is 4.48. The fourth-order valence-electron chi connectivity index (χ4n) is 1.31. The van der Waals surface area contributed by atoms with Gasteiger partial charge in [-0.05, 0) is 12.1 Å². The van der Waals surface area contributed by atoms with Gasteiger partial charge in [0, 0.05) is 17.3 Å². The zero-order valence-electron chi connectivity index (χ0n) is 7.69. The molecule has 1 atom stereocenters. The van der Waals surface area contributed by atoms with E-state index >= 15 is 0 Å². The van der Waals surface area contributed by atoms with Crippen LogP contribution in [0.1, 0.15) is 0 Å². The second-order valence-corrected chi connectivity index (χ2v) is 4.16. The van der Waals surface area contributed by atoms with Gasteiger partial charge in [0.15, 0.2) is 0 Å². The van der Waals surface area contributed by atoms with E-state index in [1.165, 1.54) is 0 Å². The highest BCUT2D eigenvalue weighted by Crippen LogP contribution is 2.12. The van der Waals surface area contributed by atoms with Gasteiger partial charge in [0.1, 0.15) is 0 Å². The zero-order valence-corrected chi connectivity index (χ0v) is 8.51. The number of thioether (sulfide) groups is 1. The molecule has 2 rings (SSSR count). The van der Waals surface area contributed by atoms with Crippen LogP contribution in [0.4, 0.5) is 5.69 Å². The van der Waals surface area contributed by atoms with Crippen molar-refractivity contribution < 1.29 is 4.79 Å². The third-order valence-corrected chi connectivity index (χ3v) is 3.01. The molecule has 1 saturated heterocycles. The molecule has 1 aromatic carbocycles. The summed E-state index contributed by atoms with van der Waals surface area (Å²) < 4.78 is 0. The first-order valence-electron chi connectivity index (χ1n) is 4.53. The summed E-state index contributed by atoms with van der Waals surface area (Å²) in [5.41, 5.74) is 0.858. The molecule has 4 heteroatoms. The van der Waals surface area contributed by atoms with Crippen molar-refractivity contribution in [3.8, 4) is 0 Å². The van der Waals surface area contributed by atoms with Crippen molar-refractivity contribution in [2.24, 2.45) is 0 Å². The number of nitrogens with one attached hydrogen (secondary N) is 2. The third-order valence-electron chi connectivity index (χ3n) is 2.07. The van der Waals surface area contributed by atoms with Crippen molar-refractivity contribution in [3.63, 3.8) is 0 Å². The van der Waals surface area contributed by atoms with E-state index in [0.29, 0.717) is 0 Å². The lowest BCUT2D eigenvalue weighted by Gasteiger charge is -2.09. The number of carbonyl (C=O) groups is 1. The number of anilines is 1. The molecule has 0 radical (unpaired) electrons. The molecule has 1 aliphatic rings. The summed E-state index contributed by atoms with van der Waals surface area (Å²) in [7, 11) is 0. The summed E-state index contributed by atoms with van der Waals surface area (Å²) in [5.74, 6) is 1.78.